The minimum atomic E-state index is -0.319. The monoisotopic (exact) mass is 413 g/mol. The number of hydrogen-bond acceptors (Lipinski definition) is 6. The first-order valence-electron chi connectivity index (χ1n) is 7.34. The zero-order valence-corrected chi connectivity index (χ0v) is 16.1. The number of thioether (sulfide) groups is 1. The summed E-state index contributed by atoms with van der Waals surface area (Å²) >= 11 is 12.0. The van der Waals surface area contributed by atoms with E-state index in [4.69, 9.17) is 28.3 Å². The molecule has 2 amide bonds. The van der Waals surface area contributed by atoms with Gasteiger partial charge in [-0.2, -0.15) is 0 Å². The number of carbonyl (C=O) groups excluding carboxylic acids is 2. The number of nitrogens with one attached hydrogen (secondary N) is 4. The quantitative estimate of drug-likeness (QED) is 0.422. The van der Waals surface area contributed by atoms with Crippen molar-refractivity contribution in [1.29, 1.82) is 0 Å². The largest absolute Gasteiger partial charge is 0.360 e. The first-order valence-corrected chi connectivity index (χ1v) is 9.29. The number of benzene rings is 1. The number of aromatic nitrogens is 1. The van der Waals surface area contributed by atoms with Crippen molar-refractivity contribution in [3.63, 3.8) is 0 Å². The van der Waals surface area contributed by atoms with E-state index >= 15 is 0 Å². The molecule has 1 aromatic heterocycles. The molecule has 0 aliphatic rings. The van der Waals surface area contributed by atoms with Crippen LogP contribution in [0.25, 0.3) is 0 Å². The summed E-state index contributed by atoms with van der Waals surface area (Å²) in [5, 5.41) is 9.95. The molecular formula is C15H16ClN5O3S2. The van der Waals surface area contributed by atoms with Crippen LogP contribution in [0.4, 0.5) is 11.5 Å². The van der Waals surface area contributed by atoms with Crippen molar-refractivity contribution in [2.24, 2.45) is 0 Å². The van der Waals surface area contributed by atoms with E-state index in [-0.39, 0.29) is 28.4 Å². The highest BCUT2D eigenvalue weighted by Crippen LogP contribution is 2.13. The first-order chi connectivity index (χ1) is 12.4. The zero-order chi connectivity index (χ0) is 18.9. The fraction of sp³-hybridized carbons (Fsp3) is 0.200. The minimum absolute atomic E-state index is 0.0851. The van der Waals surface area contributed by atoms with Gasteiger partial charge in [-0.15, -0.1) is 11.8 Å². The number of hydrazine groups is 1. The third kappa shape index (κ3) is 7.30. The number of amides is 2. The van der Waals surface area contributed by atoms with Crippen LogP contribution in [0.1, 0.15) is 5.76 Å². The van der Waals surface area contributed by atoms with Crippen molar-refractivity contribution in [2.75, 3.05) is 22.1 Å². The second kappa shape index (κ2) is 10.00. The smallest absolute Gasteiger partial charge is 0.248 e. The second-order valence-corrected chi connectivity index (χ2v) is 6.83. The van der Waals surface area contributed by atoms with Crippen LogP contribution >= 0.6 is 35.6 Å². The molecule has 0 bridgehead atoms. The molecule has 1 aromatic carbocycles. The molecule has 0 unspecified atom stereocenters. The van der Waals surface area contributed by atoms with Gasteiger partial charge in [0.2, 0.25) is 11.8 Å². The highest BCUT2D eigenvalue weighted by atomic mass is 35.5. The molecule has 2 aromatic rings. The van der Waals surface area contributed by atoms with Crippen LogP contribution in [-0.4, -0.2) is 33.6 Å². The second-order valence-electron chi connectivity index (χ2n) is 5.00. The van der Waals surface area contributed by atoms with Gasteiger partial charge in [0, 0.05) is 16.8 Å². The van der Waals surface area contributed by atoms with Crippen LogP contribution in [0.3, 0.4) is 0 Å². The van der Waals surface area contributed by atoms with Gasteiger partial charge in [-0.25, -0.2) is 0 Å². The molecule has 138 valence electrons. The summed E-state index contributed by atoms with van der Waals surface area (Å²) in [6, 6.07) is 8.54. The summed E-state index contributed by atoms with van der Waals surface area (Å²) in [6.07, 6.45) is 0. The van der Waals surface area contributed by atoms with E-state index in [0.29, 0.717) is 16.6 Å². The summed E-state index contributed by atoms with van der Waals surface area (Å²) in [6.45, 7) is 1.72. The van der Waals surface area contributed by atoms with Gasteiger partial charge in [-0.05, 0) is 43.4 Å². The normalized spacial score (nSPS) is 10.1. The molecule has 0 radical (unpaired) electrons. The number of anilines is 2. The number of aryl methyl sites for hydroxylation is 1. The van der Waals surface area contributed by atoms with Crippen LogP contribution in [-0.2, 0) is 9.59 Å². The number of nitrogens with zero attached hydrogens (tertiary/aromatic N) is 1. The first kappa shape index (κ1) is 20.0. The molecule has 0 atom stereocenters. The average molecular weight is 414 g/mol. The van der Waals surface area contributed by atoms with Gasteiger partial charge in [0.1, 0.15) is 5.76 Å². The Morgan fingerprint density at radius 2 is 1.85 bits per heavy atom. The Bertz CT molecular complexity index is 782. The Kier molecular flexibility index (Phi) is 7.70. The van der Waals surface area contributed by atoms with Crippen LogP contribution in [0.5, 0.6) is 0 Å². The maximum absolute atomic E-state index is 11.7. The van der Waals surface area contributed by atoms with Crippen LogP contribution in [0.15, 0.2) is 34.9 Å². The third-order valence-electron chi connectivity index (χ3n) is 2.78. The number of hydrogen-bond donors (Lipinski definition) is 4. The van der Waals surface area contributed by atoms with Crippen molar-refractivity contribution in [3.05, 3.63) is 41.1 Å². The molecule has 0 saturated carbocycles. The molecule has 1 heterocycles. The van der Waals surface area contributed by atoms with E-state index in [0.717, 1.165) is 17.4 Å². The summed E-state index contributed by atoms with van der Waals surface area (Å²) in [5.74, 6) is 0.540. The van der Waals surface area contributed by atoms with Crippen LogP contribution < -0.4 is 21.5 Å². The molecule has 0 aliphatic carbocycles. The molecule has 0 spiro atoms. The highest BCUT2D eigenvalue weighted by molar-refractivity contribution is 8.00. The fourth-order valence-electron chi connectivity index (χ4n) is 1.70. The van der Waals surface area contributed by atoms with Crippen molar-refractivity contribution in [2.45, 2.75) is 6.92 Å². The van der Waals surface area contributed by atoms with Gasteiger partial charge in [0.15, 0.2) is 10.9 Å². The third-order valence-corrected chi connectivity index (χ3v) is 4.17. The maximum Gasteiger partial charge on any atom is 0.248 e. The van der Waals surface area contributed by atoms with E-state index in [1.54, 1.807) is 37.3 Å². The Morgan fingerprint density at radius 1 is 1.15 bits per heavy atom. The lowest BCUT2D eigenvalue weighted by atomic mass is 10.3. The molecule has 8 nitrogen and oxygen atoms in total. The number of thiocarbonyl (C=S) groups is 1. The lowest BCUT2D eigenvalue weighted by molar-refractivity contribution is -0.119. The predicted molar refractivity (Wildman–Crippen MR) is 106 cm³/mol. The Balaban J connectivity index is 1.60. The lowest BCUT2D eigenvalue weighted by Gasteiger charge is -2.11. The van der Waals surface area contributed by atoms with E-state index in [1.165, 1.54) is 0 Å². The lowest BCUT2D eigenvalue weighted by Crippen LogP contribution is -2.44. The standard InChI is InChI=1S/C15H16ClN5O3S2/c1-9-6-12(21-24-9)18-13(22)7-26-8-14(23)19-20-15(25)17-11-4-2-10(16)3-5-11/h2-6H,7-8H2,1H3,(H,19,23)(H2,17,20,25)(H,18,21,22). The van der Waals surface area contributed by atoms with E-state index < -0.39 is 0 Å². The number of rotatable bonds is 6. The summed E-state index contributed by atoms with van der Waals surface area (Å²) < 4.78 is 4.84. The highest BCUT2D eigenvalue weighted by Gasteiger charge is 2.08. The van der Waals surface area contributed by atoms with Crippen molar-refractivity contribution in [3.8, 4) is 0 Å². The molecule has 0 saturated heterocycles. The molecule has 11 heteroatoms. The minimum Gasteiger partial charge on any atom is -0.360 e. The summed E-state index contributed by atoms with van der Waals surface area (Å²) in [5.41, 5.74) is 5.75. The zero-order valence-electron chi connectivity index (χ0n) is 13.7. The fourth-order valence-corrected chi connectivity index (χ4v) is 2.61. The van der Waals surface area contributed by atoms with Gasteiger partial charge < -0.3 is 15.2 Å². The van der Waals surface area contributed by atoms with E-state index in [9.17, 15) is 9.59 Å². The average Bonchev–Trinajstić information content (AvgIpc) is 3.00. The Morgan fingerprint density at radius 3 is 2.50 bits per heavy atom. The molecular weight excluding hydrogens is 398 g/mol. The molecule has 0 fully saturated rings. The Hall–Kier alpha value is -2.30. The van der Waals surface area contributed by atoms with E-state index in [1.807, 2.05) is 0 Å². The number of carbonyl (C=O) groups is 2. The van der Waals surface area contributed by atoms with Crippen molar-refractivity contribution >= 4 is 64.0 Å². The Labute approximate surface area is 164 Å². The summed E-state index contributed by atoms with van der Waals surface area (Å²) in [7, 11) is 0. The van der Waals surface area contributed by atoms with E-state index in [2.05, 4.69) is 26.6 Å². The van der Waals surface area contributed by atoms with Gasteiger partial charge in [0.25, 0.3) is 0 Å². The van der Waals surface area contributed by atoms with Crippen molar-refractivity contribution < 1.29 is 14.1 Å². The molecule has 0 aliphatic heterocycles. The predicted octanol–water partition coefficient (Wildman–Crippen LogP) is 2.33. The van der Waals surface area contributed by atoms with Crippen LogP contribution in [0, 0.1) is 6.92 Å². The molecule has 26 heavy (non-hydrogen) atoms. The van der Waals surface area contributed by atoms with Gasteiger partial charge in [-0.1, -0.05) is 16.8 Å². The molecule has 4 N–H and O–H groups in total. The number of halogens is 1. The topological polar surface area (TPSA) is 108 Å². The van der Waals surface area contributed by atoms with Gasteiger partial charge >= 0.3 is 0 Å². The van der Waals surface area contributed by atoms with Crippen LogP contribution in [0.2, 0.25) is 5.02 Å². The van der Waals surface area contributed by atoms with Gasteiger partial charge in [-0.3, -0.25) is 20.4 Å². The summed E-state index contributed by atoms with van der Waals surface area (Å²) in [4.78, 5) is 23.4. The van der Waals surface area contributed by atoms with Crippen molar-refractivity contribution in [1.82, 2.24) is 16.0 Å². The SMILES string of the molecule is Cc1cc(NC(=O)CSCC(=O)NNC(=S)Nc2ccc(Cl)cc2)no1. The molecule has 2 rings (SSSR count). The van der Waals surface area contributed by atoms with Gasteiger partial charge in [0.05, 0.1) is 11.5 Å². The maximum atomic E-state index is 11.7.